The minimum absolute atomic E-state index is 0.120. The normalized spacial score (nSPS) is 17.6. The Morgan fingerprint density at radius 3 is 2.50 bits per heavy atom. The maximum Gasteiger partial charge on any atom is 0.300 e. The number of methoxy groups -OCH3 is 1. The van der Waals surface area contributed by atoms with E-state index in [1.807, 2.05) is 6.92 Å². The van der Waals surface area contributed by atoms with Crippen molar-refractivity contribution in [2.24, 2.45) is 0 Å². The van der Waals surface area contributed by atoms with Crippen LogP contribution in [0.2, 0.25) is 5.02 Å². The number of benzene rings is 2. The van der Waals surface area contributed by atoms with Crippen LogP contribution in [0.1, 0.15) is 22.7 Å². The molecule has 32 heavy (non-hydrogen) atoms. The number of aryl methyl sites for hydroxylation is 1. The van der Waals surface area contributed by atoms with E-state index in [1.165, 1.54) is 36.5 Å². The highest BCUT2D eigenvalue weighted by Crippen LogP contribution is 2.43. The number of hydrogen-bond donors (Lipinski definition) is 1. The molecule has 1 atom stereocenters. The molecule has 162 valence electrons. The molecule has 0 saturated carbocycles. The van der Waals surface area contributed by atoms with Crippen molar-refractivity contribution < 1.29 is 23.8 Å². The summed E-state index contributed by atoms with van der Waals surface area (Å²) in [6.07, 6.45) is 3.03. The molecule has 1 amide bonds. The summed E-state index contributed by atoms with van der Waals surface area (Å²) in [5.74, 6) is -2.44. The third kappa shape index (κ3) is 3.61. The summed E-state index contributed by atoms with van der Waals surface area (Å²) in [6.45, 7) is 1.83. The topological polar surface area (TPSA) is 79.7 Å². The van der Waals surface area contributed by atoms with Gasteiger partial charge in [-0.1, -0.05) is 23.2 Å². The summed E-state index contributed by atoms with van der Waals surface area (Å²) in [4.78, 5) is 31.4. The maximum absolute atomic E-state index is 13.8. The van der Waals surface area contributed by atoms with Crippen molar-refractivity contribution in [1.82, 2.24) is 4.98 Å². The molecule has 1 aliphatic rings. The summed E-state index contributed by atoms with van der Waals surface area (Å²) in [6, 6.07) is 11.2. The van der Waals surface area contributed by atoms with E-state index in [0.717, 1.165) is 11.6 Å². The van der Waals surface area contributed by atoms with Crippen molar-refractivity contribution in [1.29, 1.82) is 0 Å². The average Bonchev–Trinajstić information content (AvgIpc) is 3.06. The molecular formula is C24H18ClFN2O4. The number of carbonyl (C=O) groups excluding carboxylic acids is 2. The number of anilines is 1. The van der Waals surface area contributed by atoms with Gasteiger partial charge in [-0.25, -0.2) is 4.39 Å². The van der Waals surface area contributed by atoms with Crippen molar-refractivity contribution in [2.75, 3.05) is 12.0 Å². The van der Waals surface area contributed by atoms with Crippen molar-refractivity contribution in [3.63, 3.8) is 0 Å². The number of pyridine rings is 1. The van der Waals surface area contributed by atoms with Crippen LogP contribution < -0.4 is 9.64 Å². The Morgan fingerprint density at radius 1 is 1.12 bits per heavy atom. The molecule has 1 aliphatic heterocycles. The van der Waals surface area contributed by atoms with Crippen molar-refractivity contribution in [3.8, 4) is 5.75 Å². The van der Waals surface area contributed by atoms with Crippen LogP contribution in [0.3, 0.4) is 0 Å². The van der Waals surface area contributed by atoms with Gasteiger partial charge in [0.05, 0.1) is 29.3 Å². The van der Waals surface area contributed by atoms with Crippen molar-refractivity contribution in [3.05, 3.63) is 94.0 Å². The lowest BCUT2D eigenvalue weighted by Gasteiger charge is -2.25. The van der Waals surface area contributed by atoms with E-state index in [9.17, 15) is 19.1 Å². The van der Waals surface area contributed by atoms with E-state index in [4.69, 9.17) is 16.3 Å². The minimum atomic E-state index is -0.982. The van der Waals surface area contributed by atoms with Gasteiger partial charge in [-0.15, -0.1) is 0 Å². The first kappa shape index (κ1) is 21.5. The molecule has 0 spiro atoms. The number of carbonyl (C=O) groups is 2. The zero-order valence-corrected chi connectivity index (χ0v) is 17.9. The molecular weight excluding hydrogens is 435 g/mol. The van der Waals surface area contributed by atoms with Gasteiger partial charge in [0, 0.05) is 18.1 Å². The molecule has 1 N–H and O–H groups in total. The van der Waals surface area contributed by atoms with Crippen LogP contribution in [0, 0.1) is 12.7 Å². The smallest absolute Gasteiger partial charge is 0.300 e. The van der Waals surface area contributed by atoms with Crippen molar-refractivity contribution in [2.45, 2.75) is 13.0 Å². The summed E-state index contributed by atoms with van der Waals surface area (Å²) < 4.78 is 19.1. The summed E-state index contributed by atoms with van der Waals surface area (Å²) >= 11 is 5.94. The molecule has 3 aromatic rings. The van der Waals surface area contributed by atoms with Crippen LogP contribution in [-0.4, -0.2) is 28.9 Å². The first-order chi connectivity index (χ1) is 15.3. The van der Waals surface area contributed by atoms with E-state index in [1.54, 1.807) is 30.3 Å². The van der Waals surface area contributed by atoms with Crippen LogP contribution >= 0.6 is 11.6 Å². The Morgan fingerprint density at radius 2 is 1.84 bits per heavy atom. The van der Waals surface area contributed by atoms with Crippen LogP contribution in [0.4, 0.5) is 10.1 Å². The molecule has 8 heteroatoms. The van der Waals surface area contributed by atoms with Gasteiger partial charge in [-0.2, -0.15) is 0 Å². The van der Waals surface area contributed by atoms with Gasteiger partial charge in [0.2, 0.25) is 0 Å². The van der Waals surface area contributed by atoms with Crippen molar-refractivity contribution >= 4 is 34.7 Å². The lowest BCUT2D eigenvalue weighted by molar-refractivity contribution is -0.132. The standard InChI is InChI=1S/C24H18ClFN2O4/c1-13-3-6-19(32-2)16(11-13)22(29)20-21(14-7-9-27-10-8-14)28(24(31)23(20)30)15-4-5-18(26)17(25)12-15/h3-12,21,29H,1-2H3/b22-20+. The maximum atomic E-state index is 13.8. The molecule has 1 unspecified atom stereocenters. The molecule has 6 nitrogen and oxygen atoms in total. The van der Waals surface area contributed by atoms with E-state index < -0.39 is 23.5 Å². The number of hydrogen-bond acceptors (Lipinski definition) is 5. The van der Waals surface area contributed by atoms with Crippen LogP contribution in [0.5, 0.6) is 5.75 Å². The lowest BCUT2D eigenvalue weighted by atomic mass is 9.95. The predicted octanol–water partition coefficient (Wildman–Crippen LogP) is 4.82. The zero-order chi connectivity index (χ0) is 23.0. The number of halogens is 2. The fraction of sp³-hybridized carbons (Fsp3) is 0.125. The fourth-order valence-electron chi connectivity index (χ4n) is 3.75. The van der Waals surface area contributed by atoms with Gasteiger partial charge in [-0.3, -0.25) is 19.5 Å². The highest BCUT2D eigenvalue weighted by molar-refractivity contribution is 6.51. The van der Waals surface area contributed by atoms with Gasteiger partial charge in [0.15, 0.2) is 0 Å². The molecule has 1 fully saturated rings. The molecule has 2 heterocycles. The summed E-state index contributed by atoms with van der Waals surface area (Å²) in [5.41, 5.74) is 1.74. The second kappa shape index (κ2) is 8.43. The highest BCUT2D eigenvalue weighted by atomic mass is 35.5. The van der Waals surface area contributed by atoms with Gasteiger partial charge < -0.3 is 9.84 Å². The van der Waals surface area contributed by atoms with Gasteiger partial charge in [-0.05, 0) is 55.0 Å². The highest BCUT2D eigenvalue weighted by Gasteiger charge is 2.47. The van der Waals surface area contributed by atoms with E-state index in [0.29, 0.717) is 11.3 Å². The minimum Gasteiger partial charge on any atom is -0.507 e. The second-order valence-electron chi connectivity index (χ2n) is 7.25. The summed E-state index contributed by atoms with van der Waals surface area (Å²) in [5, 5.41) is 11.0. The number of aliphatic hydroxyl groups is 1. The number of aliphatic hydroxyl groups excluding tert-OH is 1. The SMILES string of the molecule is COc1ccc(C)cc1/C(O)=C1\C(=O)C(=O)N(c2ccc(F)c(Cl)c2)C1c1ccncc1. The lowest BCUT2D eigenvalue weighted by Crippen LogP contribution is -2.29. The second-order valence-corrected chi connectivity index (χ2v) is 7.66. The molecule has 0 aliphatic carbocycles. The largest absolute Gasteiger partial charge is 0.507 e. The number of ketones is 1. The first-order valence-corrected chi connectivity index (χ1v) is 10.0. The fourth-order valence-corrected chi connectivity index (χ4v) is 3.92. The first-order valence-electron chi connectivity index (χ1n) is 9.64. The number of rotatable bonds is 4. The Hall–Kier alpha value is -3.71. The molecule has 1 aromatic heterocycles. The number of amides is 1. The molecule has 2 aromatic carbocycles. The third-order valence-electron chi connectivity index (χ3n) is 5.26. The van der Waals surface area contributed by atoms with Crippen LogP contribution in [0.15, 0.2) is 66.5 Å². The Bertz CT molecular complexity index is 1260. The quantitative estimate of drug-likeness (QED) is 0.349. The van der Waals surface area contributed by atoms with E-state index in [2.05, 4.69) is 4.98 Å². The van der Waals surface area contributed by atoms with Gasteiger partial charge in [0.1, 0.15) is 17.3 Å². The van der Waals surface area contributed by atoms with Crippen LogP contribution in [0.25, 0.3) is 5.76 Å². The molecule has 1 saturated heterocycles. The van der Waals surface area contributed by atoms with E-state index >= 15 is 0 Å². The van der Waals surface area contributed by atoms with Gasteiger partial charge >= 0.3 is 0 Å². The van der Waals surface area contributed by atoms with E-state index in [-0.39, 0.29) is 27.6 Å². The number of nitrogens with zero attached hydrogens (tertiary/aromatic N) is 2. The van der Waals surface area contributed by atoms with Gasteiger partial charge in [0.25, 0.3) is 11.7 Å². The monoisotopic (exact) mass is 452 g/mol. The Kier molecular flexibility index (Phi) is 5.67. The van der Waals surface area contributed by atoms with Crippen LogP contribution in [-0.2, 0) is 9.59 Å². The number of aromatic nitrogens is 1. The number of ether oxygens (including phenoxy) is 1. The summed E-state index contributed by atoms with van der Waals surface area (Å²) in [7, 11) is 1.45. The third-order valence-corrected chi connectivity index (χ3v) is 5.55. The average molecular weight is 453 g/mol. The zero-order valence-electron chi connectivity index (χ0n) is 17.2. The Labute approximate surface area is 188 Å². The molecule has 4 rings (SSSR count). The molecule has 0 radical (unpaired) electrons. The Balaban J connectivity index is 1.98. The molecule has 0 bridgehead atoms. The predicted molar refractivity (Wildman–Crippen MR) is 118 cm³/mol. The number of Topliss-reactive ketones (excluding diaryl/α,β-unsaturated/α-hetero) is 1.